The molecule has 0 saturated carbocycles. The molecule has 0 saturated heterocycles. The van der Waals surface area contributed by atoms with Gasteiger partial charge in [-0.3, -0.25) is 4.79 Å². The average Bonchev–Trinajstić information content (AvgIpc) is 2.23. The molecule has 0 radical (unpaired) electrons. The van der Waals surface area contributed by atoms with Crippen LogP contribution in [0.3, 0.4) is 0 Å². The van der Waals surface area contributed by atoms with Gasteiger partial charge in [-0.15, -0.1) is 0 Å². The minimum atomic E-state index is -0.187. The fourth-order valence-corrected chi connectivity index (χ4v) is 1.05. The van der Waals surface area contributed by atoms with E-state index in [-0.39, 0.29) is 24.1 Å². The molecule has 0 aliphatic heterocycles. The van der Waals surface area contributed by atoms with Gasteiger partial charge in [-0.1, -0.05) is 13.8 Å². The van der Waals surface area contributed by atoms with Gasteiger partial charge in [0.05, 0.1) is 24.7 Å². The molecule has 4 nitrogen and oxygen atoms in total. The molecule has 0 spiro atoms. The van der Waals surface area contributed by atoms with Gasteiger partial charge in [0.2, 0.25) is 0 Å². The van der Waals surface area contributed by atoms with E-state index in [4.69, 9.17) is 14.2 Å². The van der Waals surface area contributed by atoms with E-state index < -0.39 is 0 Å². The first-order chi connectivity index (χ1) is 7.47. The number of rotatable bonds is 8. The van der Waals surface area contributed by atoms with E-state index in [1.54, 1.807) is 0 Å². The van der Waals surface area contributed by atoms with E-state index in [1.165, 1.54) is 0 Å². The van der Waals surface area contributed by atoms with Gasteiger partial charge in [0.1, 0.15) is 6.61 Å². The van der Waals surface area contributed by atoms with Crippen molar-refractivity contribution in [1.29, 1.82) is 0 Å². The van der Waals surface area contributed by atoms with Crippen molar-refractivity contribution in [3.8, 4) is 0 Å². The van der Waals surface area contributed by atoms with Gasteiger partial charge in [0.15, 0.2) is 0 Å². The second kappa shape index (κ2) is 8.53. The van der Waals surface area contributed by atoms with Gasteiger partial charge in [-0.25, -0.2) is 0 Å². The van der Waals surface area contributed by atoms with Gasteiger partial charge in [0.25, 0.3) is 0 Å². The highest BCUT2D eigenvalue weighted by Gasteiger charge is 2.12. The second-order valence-electron chi connectivity index (χ2n) is 4.19. The number of hydrogen-bond donors (Lipinski definition) is 0. The smallest absolute Gasteiger partial charge is 0.308 e. The van der Waals surface area contributed by atoms with Crippen LogP contribution in [0, 0.1) is 5.92 Å². The molecule has 0 N–H and O–H groups in total. The molecule has 4 heteroatoms. The number of esters is 1. The van der Waals surface area contributed by atoms with Crippen molar-refractivity contribution >= 4 is 5.97 Å². The van der Waals surface area contributed by atoms with Crippen LogP contribution in [0.5, 0.6) is 0 Å². The van der Waals surface area contributed by atoms with E-state index in [9.17, 15) is 4.79 Å². The zero-order valence-electron chi connectivity index (χ0n) is 11.0. The van der Waals surface area contributed by atoms with E-state index in [2.05, 4.69) is 0 Å². The monoisotopic (exact) mass is 232 g/mol. The molecule has 0 aromatic rings. The lowest BCUT2D eigenvalue weighted by molar-refractivity contribution is -0.152. The van der Waals surface area contributed by atoms with Gasteiger partial charge in [0, 0.05) is 6.61 Å². The molecule has 0 amide bonds. The molecule has 16 heavy (non-hydrogen) atoms. The molecule has 0 heterocycles. The molecular weight excluding hydrogens is 208 g/mol. The van der Waals surface area contributed by atoms with Crippen LogP contribution in [-0.2, 0) is 19.0 Å². The fraction of sp³-hybridized carbons (Fsp3) is 0.917. The topological polar surface area (TPSA) is 44.8 Å². The van der Waals surface area contributed by atoms with Gasteiger partial charge >= 0.3 is 5.97 Å². The maximum Gasteiger partial charge on any atom is 0.308 e. The largest absolute Gasteiger partial charge is 0.463 e. The first-order valence-electron chi connectivity index (χ1n) is 5.87. The van der Waals surface area contributed by atoms with E-state index in [0.717, 1.165) is 0 Å². The lowest BCUT2D eigenvalue weighted by atomic mass is 10.2. The van der Waals surface area contributed by atoms with Crippen LogP contribution < -0.4 is 0 Å². The van der Waals surface area contributed by atoms with Crippen LogP contribution in [0.1, 0.15) is 34.6 Å². The Labute approximate surface area is 98.3 Å². The molecule has 0 aromatic heterocycles. The molecule has 0 fully saturated rings. The highest BCUT2D eigenvalue weighted by Crippen LogP contribution is 2.01. The summed E-state index contributed by atoms with van der Waals surface area (Å²) in [7, 11) is 0. The Morgan fingerprint density at radius 3 is 2.06 bits per heavy atom. The normalized spacial score (nSPS) is 14.9. The molecular formula is C12H24O4. The Balaban J connectivity index is 3.58. The van der Waals surface area contributed by atoms with Crippen LogP contribution >= 0.6 is 0 Å². The van der Waals surface area contributed by atoms with Crippen LogP contribution in [0.2, 0.25) is 0 Å². The summed E-state index contributed by atoms with van der Waals surface area (Å²) < 4.78 is 15.9. The molecule has 0 aliphatic rings. The van der Waals surface area contributed by atoms with Crippen molar-refractivity contribution in [1.82, 2.24) is 0 Å². The maximum absolute atomic E-state index is 11.2. The summed E-state index contributed by atoms with van der Waals surface area (Å²) in [5, 5.41) is 0. The quantitative estimate of drug-likeness (QED) is 0.601. The molecule has 96 valence electrons. The van der Waals surface area contributed by atoms with Crippen LogP contribution in [0.15, 0.2) is 0 Å². The molecule has 0 aliphatic carbocycles. The third kappa shape index (κ3) is 7.65. The highest BCUT2D eigenvalue weighted by atomic mass is 16.6. The predicted molar refractivity (Wildman–Crippen MR) is 62.3 cm³/mol. The van der Waals surface area contributed by atoms with E-state index >= 15 is 0 Å². The Bertz CT molecular complexity index is 191. The Hall–Kier alpha value is -0.610. The number of ether oxygens (including phenoxy) is 3. The van der Waals surface area contributed by atoms with Crippen LogP contribution in [-0.4, -0.2) is 38.0 Å². The van der Waals surface area contributed by atoms with Crippen molar-refractivity contribution in [2.24, 2.45) is 5.92 Å². The summed E-state index contributed by atoms with van der Waals surface area (Å²) in [6.07, 6.45) is -0.0149. The Morgan fingerprint density at radius 2 is 1.56 bits per heavy atom. The van der Waals surface area contributed by atoms with Crippen molar-refractivity contribution in [2.75, 3.05) is 19.8 Å². The number of carbonyl (C=O) groups excluding carboxylic acids is 1. The number of hydrogen-bond acceptors (Lipinski definition) is 4. The maximum atomic E-state index is 11.2. The number of carbonyl (C=O) groups is 1. The standard InChI is InChI=1S/C12H24O4/c1-6-14-10(4)7-15-11(5)8-16-12(13)9(2)3/h9-11H,6-8H2,1-5H3. The fourth-order valence-electron chi connectivity index (χ4n) is 1.05. The molecule has 0 aromatic carbocycles. The molecule has 0 rings (SSSR count). The summed E-state index contributed by atoms with van der Waals surface area (Å²) >= 11 is 0. The summed E-state index contributed by atoms with van der Waals surface area (Å²) in [6, 6.07) is 0. The first-order valence-corrected chi connectivity index (χ1v) is 5.87. The zero-order chi connectivity index (χ0) is 12.6. The van der Waals surface area contributed by atoms with Gasteiger partial charge in [-0.05, 0) is 20.8 Å². The predicted octanol–water partition coefficient (Wildman–Crippen LogP) is 2.02. The summed E-state index contributed by atoms with van der Waals surface area (Å²) in [6.45, 7) is 10.9. The third-order valence-corrected chi connectivity index (χ3v) is 2.00. The van der Waals surface area contributed by atoms with Crippen LogP contribution in [0.4, 0.5) is 0 Å². The van der Waals surface area contributed by atoms with E-state index in [1.807, 2.05) is 34.6 Å². The lowest BCUT2D eigenvalue weighted by Gasteiger charge is -2.17. The lowest BCUT2D eigenvalue weighted by Crippen LogP contribution is -2.25. The summed E-state index contributed by atoms with van der Waals surface area (Å²) in [5.41, 5.74) is 0. The van der Waals surface area contributed by atoms with Crippen LogP contribution in [0.25, 0.3) is 0 Å². The van der Waals surface area contributed by atoms with Crippen molar-refractivity contribution in [2.45, 2.75) is 46.8 Å². The van der Waals surface area contributed by atoms with Crippen molar-refractivity contribution < 1.29 is 19.0 Å². The second-order valence-corrected chi connectivity index (χ2v) is 4.19. The first kappa shape index (κ1) is 15.4. The highest BCUT2D eigenvalue weighted by molar-refractivity contribution is 5.71. The minimum absolute atomic E-state index is 0.0771. The van der Waals surface area contributed by atoms with Crippen molar-refractivity contribution in [3.63, 3.8) is 0 Å². The molecule has 0 bridgehead atoms. The molecule has 2 atom stereocenters. The Kier molecular flexibility index (Phi) is 8.21. The Morgan fingerprint density at radius 1 is 1.00 bits per heavy atom. The van der Waals surface area contributed by atoms with Gasteiger partial charge < -0.3 is 14.2 Å². The van der Waals surface area contributed by atoms with E-state index in [0.29, 0.717) is 19.8 Å². The zero-order valence-corrected chi connectivity index (χ0v) is 11.0. The summed E-state index contributed by atoms with van der Waals surface area (Å²) in [4.78, 5) is 11.2. The van der Waals surface area contributed by atoms with Crippen molar-refractivity contribution in [3.05, 3.63) is 0 Å². The summed E-state index contributed by atoms with van der Waals surface area (Å²) in [5.74, 6) is -0.275. The minimum Gasteiger partial charge on any atom is -0.463 e. The average molecular weight is 232 g/mol. The SMILES string of the molecule is CCOC(C)COC(C)COC(=O)C(C)C. The molecule has 2 unspecified atom stereocenters. The third-order valence-electron chi connectivity index (χ3n) is 2.00. The van der Waals surface area contributed by atoms with Gasteiger partial charge in [-0.2, -0.15) is 0 Å².